The van der Waals surface area contributed by atoms with Crippen LogP contribution >= 0.6 is 0 Å². The number of carbonyl (C=O) groups is 1. The minimum absolute atomic E-state index is 0.0296. The molecule has 0 bridgehead atoms. The fraction of sp³-hybridized carbons (Fsp3) is 0.538. The van der Waals surface area contributed by atoms with Crippen LogP contribution in [0.25, 0.3) is 0 Å². The van der Waals surface area contributed by atoms with Crippen LogP contribution in [-0.4, -0.2) is 40.6 Å². The highest BCUT2D eigenvalue weighted by Crippen LogP contribution is 2.22. The number of piperidine rings is 1. The molecule has 0 aliphatic carbocycles. The number of anilines is 1. The Bertz CT molecular complexity index is 436. The van der Waals surface area contributed by atoms with Gasteiger partial charge >= 0.3 is 0 Å². The van der Waals surface area contributed by atoms with E-state index < -0.39 is 0 Å². The van der Waals surface area contributed by atoms with E-state index in [-0.39, 0.29) is 12.5 Å². The van der Waals surface area contributed by atoms with Crippen LogP contribution in [0.2, 0.25) is 0 Å². The fourth-order valence-electron chi connectivity index (χ4n) is 2.53. The molecule has 0 radical (unpaired) electrons. The van der Waals surface area contributed by atoms with Crippen molar-refractivity contribution in [2.75, 3.05) is 25.1 Å². The quantitative estimate of drug-likeness (QED) is 0.547. The summed E-state index contributed by atoms with van der Waals surface area (Å²) >= 11 is 0. The van der Waals surface area contributed by atoms with Crippen molar-refractivity contribution in [1.29, 1.82) is 0 Å². The molecule has 0 aromatic carbocycles. The Morgan fingerprint density at radius 3 is 3.21 bits per heavy atom. The zero-order chi connectivity index (χ0) is 13.7. The second-order valence-electron chi connectivity index (χ2n) is 4.84. The van der Waals surface area contributed by atoms with Crippen molar-refractivity contribution in [2.24, 2.45) is 11.8 Å². The molecule has 2 rings (SSSR count). The molecule has 1 unspecified atom stereocenters. The summed E-state index contributed by atoms with van der Waals surface area (Å²) in [6.45, 7) is 1.64. The number of hydrogen-bond donors (Lipinski definition) is 3. The van der Waals surface area contributed by atoms with Gasteiger partial charge in [0.2, 0.25) is 0 Å². The molecule has 19 heavy (non-hydrogen) atoms. The third-order valence-electron chi connectivity index (χ3n) is 3.55. The molecule has 1 saturated heterocycles. The van der Waals surface area contributed by atoms with Gasteiger partial charge in [0.1, 0.15) is 0 Å². The highest BCUT2D eigenvalue weighted by atomic mass is 16.3. The van der Waals surface area contributed by atoms with E-state index in [1.54, 1.807) is 18.5 Å². The summed E-state index contributed by atoms with van der Waals surface area (Å²) in [4.78, 5) is 18.2. The predicted molar refractivity (Wildman–Crippen MR) is 72.4 cm³/mol. The number of aromatic nitrogens is 1. The Balaban J connectivity index is 2.10. The minimum atomic E-state index is -0.0296. The van der Waals surface area contributed by atoms with Gasteiger partial charge in [0.25, 0.3) is 5.91 Å². The van der Waals surface area contributed by atoms with Gasteiger partial charge in [-0.1, -0.05) is 0 Å². The number of likely N-dealkylation sites (tertiary alicyclic amines) is 1. The Morgan fingerprint density at radius 2 is 2.47 bits per heavy atom. The van der Waals surface area contributed by atoms with Crippen LogP contribution in [0.15, 0.2) is 18.5 Å². The molecule has 1 aromatic rings. The maximum Gasteiger partial charge on any atom is 0.256 e. The molecule has 1 atom stereocenters. The lowest BCUT2D eigenvalue weighted by atomic mass is 9.94. The largest absolute Gasteiger partial charge is 0.396 e. The van der Waals surface area contributed by atoms with E-state index in [1.165, 1.54) is 0 Å². The molecule has 6 nitrogen and oxygen atoms in total. The van der Waals surface area contributed by atoms with Crippen LogP contribution in [0.4, 0.5) is 5.69 Å². The molecular formula is C13H20N4O2. The first kappa shape index (κ1) is 13.8. The first-order chi connectivity index (χ1) is 9.26. The number of hydrazine groups is 1. The number of nitrogens with two attached hydrogens (primary N) is 1. The van der Waals surface area contributed by atoms with Crippen molar-refractivity contribution in [3.05, 3.63) is 24.0 Å². The molecule has 4 N–H and O–H groups in total. The van der Waals surface area contributed by atoms with Crippen LogP contribution < -0.4 is 11.3 Å². The van der Waals surface area contributed by atoms with E-state index in [0.717, 1.165) is 25.8 Å². The number of nitrogen functional groups attached to an aromatic ring is 1. The first-order valence-corrected chi connectivity index (χ1v) is 6.57. The van der Waals surface area contributed by atoms with Gasteiger partial charge in [-0.05, 0) is 31.2 Å². The van der Waals surface area contributed by atoms with Crippen LogP contribution in [0.1, 0.15) is 29.6 Å². The zero-order valence-corrected chi connectivity index (χ0v) is 10.9. The van der Waals surface area contributed by atoms with Gasteiger partial charge in [0.15, 0.2) is 0 Å². The molecular weight excluding hydrogens is 244 g/mol. The Kier molecular flexibility index (Phi) is 4.70. The maximum atomic E-state index is 12.5. The van der Waals surface area contributed by atoms with Crippen LogP contribution in [0.3, 0.4) is 0 Å². The van der Waals surface area contributed by atoms with Crippen LogP contribution in [-0.2, 0) is 0 Å². The van der Waals surface area contributed by atoms with Gasteiger partial charge in [0, 0.05) is 25.9 Å². The number of pyridine rings is 1. The molecule has 1 aliphatic heterocycles. The second kappa shape index (κ2) is 6.49. The van der Waals surface area contributed by atoms with Crippen LogP contribution in [0, 0.1) is 5.92 Å². The normalized spacial score (nSPS) is 19.3. The summed E-state index contributed by atoms with van der Waals surface area (Å²) in [6, 6.07) is 1.67. The van der Waals surface area contributed by atoms with Crippen molar-refractivity contribution >= 4 is 11.6 Å². The Morgan fingerprint density at radius 1 is 1.63 bits per heavy atom. The molecule has 1 fully saturated rings. The number of nitrogens with one attached hydrogen (secondary N) is 1. The minimum Gasteiger partial charge on any atom is -0.396 e. The Hall–Kier alpha value is -1.66. The standard InChI is InChI=1S/C13H20N4O2/c14-16-12-8-15-5-3-11(12)13(19)17-6-1-2-10(9-17)4-7-18/h3,5,8,10,16,18H,1-2,4,6-7,9,14H2. The summed E-state index contributed by atoms with van der Waals surface area (Å²) in [7, 11) is 0. The van der Waals surface area contributed by atoms with Gasteiger partial charge in [-0.15, -0.1) is 0 Å². The molecule has 0 saturated carbocycles. The van der Waals surface area contributed by atoms with Crippen molar-refractivity contribution in [3.8, 4) is 0 Å². The summed E-state index contributed by atoms with van der Waals surface area (Å²) in [5.74, 6) is 5.76. The van der Waals surface area contributed by atoms with E-state index in [4.69, 9.17) is 10.9 Å². The van der Waals surface area contributed by atoms with E-state index in [9.17, 15) is 4.79 Å². The molecule has 0 spiro atoms. The molecule has 1 aromatic heterocycles. The van der Waals surface area contributed by atoms with E-state index >= 15 is 0 Å². The maximum absolute atomic E-state index is 12.5. The van der Waals surface area contributed by atoms with Crippen molar-refractivity contribution < 1.29 is 9.90 Å². The molecule has 104 valence electrons. The van der Waals surface area contributed by atoms with E-state index in [0.29, 0.717) is 23.7 Å². The average Bonchev–Trinajstić information content (AvgIpc) is 2.47. The SMILES string of the molecule is NNc1cnccc1C(=O)N1CCCC(CCO)C1. The summed E-state index contributed by atoms with van der Waals surface area (Å²) < 4.78 is 0. The monoisotopic (exact) mass is 264 g/mol. The number of aliphatic hydroxyl groups is 1. The number of carbonyl (C=O) groups excluding carboxylic acids is 1. The van der Waals surface area contributed by atoms with Crippen LogP contribution in [0.5, 0.6) is 0 Å². The lowest BCUT2D eigenvalue weighted by molar-refractivity contribution is 0.0654. The summed E-state index contributed by atoms with van der Waals surface area (Å²) in [5.41, 5.74) is 3.58. The summed E-state index contributed by atoms with van der Waals surface area (Å²) in [5, 5.41) is 9.00. The number of rotatable bonds is 4. The van der Waals surface area contributed by atoms with E-state index in [2.05, 4.69) is 10.4 Å². The number of aliphatic hydroxyl groups excluding tert-OH is 1. The predicted octanol–water partition coefficient (Wildman–Crippen LogP) is 0.602. The Labute approximate surface area is 112 Å². The number of nitrogens with zero attached hydrogens (tertiary/aromatic N) is 2. The lowest BCUT2D eigenvalue weighted by Gasteiger charge is -2.33. The molecule has 1 amide bonds. The van der Waals surface area contributed by atoms with Gasteiger partial charge in [-0.2, -0.15) is 0 Å². The summed E-state index contributed by atoms with van der Waals surface area (Å²) in [6.07, 6.45) is 5.93. The highest BCUT2D eigenvalue weighted by molar-refractivity contribution is 5.99. The second-order valence-corrected chi connectivity index (χ2v) is 4.84. The smallest absolute Gasteiger partial charge is 0.256 e. The zero-order valence-electron chi connectivity index (χ0n) is 10.9. The van der Waals surface area contributed by atoms with Gasteiger partial charge < -0.3 is 15.4 Å². The molecule has 2 heterocycles. The van der Waals surface area contributed by atoms with Gasteiger partial charge in [0.05, 0.1) is 17.4 Å². The van der Waals surface area contributed by atoms with E-state index in [1.807, 2.05) is 4.90 Å². The van der Waals surface area contributed by atoms with Gasteiger partial charge in [-0.3, -0.25) is 15.6 Å². The third-order valence-corrected chi connectivity index (χ3v) is 3.55. The lowest BCUT2D eigenvalue weighted by Crippen LogP contribution is -2.40. The number of amides is 1. The molecule has 1 aliphatic rings. The first-order valence-electron chi connectivity index (χ1n) is 6.57. The van der Waals surface area contributed by atoms with Crippen molar-refractivity contribution in [3.63, 3.8) is 0 Å². The average molecular weight is 264 g/mol. The van der Waals surface area contributed by atoms with Crippen molar-refractivity contribution in [1.82, 2.24) is 9.88 Å². The fourth-order valence-corrected chi connectivity index (χ4v) is 2.53. The third kappa shape index (κ3) is 3.21. The topological polar surface area (TPSA) is 91.5 Å². The van der Waals surface area contributed by atoms with Gasteiger partial charge in [-0.25, -0.2) is 0 Å². The van der Waals surface area contributed by atoms with Crippen molar-refractivity contribution in [2.45, 2.75) is 19.3 Å². The number of hydrogen-bond acceptors (Lipinski definition) is 5. The highest BCUT2D eigenvalue weighted by Gasteiger charge is 2.25. The molecule has 6 heteroatoms.